The van der Waals surface area contributed by atoms with E-state index in [1.54, 1.807) is 30.3 Å². The standard InChI is InChI=1S/C30H31NO6/c1-29-12-11-20-19-10-8-18(32)13-17(19)7-9-21(20)24(29)14-30(28(29)36,15-25(33)37-2)16-31-26(34)22-5-3-4-6-23(22)27(31)35/h3-6,8,10,13,20-21,24,32H,7,9,11-12,14-16H2,1-2H3/t20?,21?,24?,29-,30?/m0/s1. The smallest absolute Gasteiger partial charge is 0.306 e. The van der Waals surface area contributed by atoms with Crippen LogP contribution in [0, 0.1) is 22.7 Å². The largest absolute Gasteiger partial charge is 0.508 e. The zero-order chi connectivity index (χ0) is 26.1. The van der Waals surface area contributed by atoms with E-state index in [2.05, 4.69) is 0 Å². The molecule has 192 valence electrons. The van der Waals surface area contributed by atoms with Gasteiger partial charge in [0.25, 0.3) is 11.8 Å². The van der Waals surface area contributed by atoms with Crippen molar-refractivity contribution in [1.82, 2.24) is 4.90 Å². The molecule has 6 rings (SSSR count). The lowest BCUT2D eigenvalue weighted by atomic mass is 9.55. The number of ether oxygens (including phenoxy) is 1. The molecule has 2 saturated carbocycles. The lowest BCUT2D eigenvalue weighted by Gasteiger charge is -2.48. The predicted octanol–water partition coefficient (Wildman–Crippen LogP) is 4.27. The highest BCUT2D eigenvalue weighted by Crippen LogP contribution is 2.64. The Kier molecular flexibility index (Phi) is 5.34. The highest BCUT2D eigenvalue weighted by Gasteiger charge is 2.65. The topological polar surface area (TPSA) is 101 Å². The number of esters is 1. The van der Waals surface area contributed by atoms with Crippen LogP contribution in [0.25, 0.3) is 0 Å². The second-order valence-electron chi connectivity index (χ2n) is 11.6. The predicted molar refractivity (Wildman–Crippen MR) is 134 cm³/mol. The summed E-state index contributed by atoms with van der Waals surface area (Å²) in [5, 5.41) is 9.98. The summed E-state index contributed by atoms with van der Waals surface area (Å²) < 4.78 is 5.01. The van der Waals surface area contributed by atoms with Gasteiger partial charge in [-0.1, -0.05) is 25.1 Å². The molecule has 2 aromatic carbocycles. The minimum atomic E-state index is -1.18. The fourth-order valence-corrected chi connectivity index (χ4v) is 8.05. The molecular formula is C30H31NO6. The van der Waals surface area contributed by atoms with Gasteiger partial charge in [0.15, 0.2) is 0 Å². The molecule has 1 aliphatic heterocycles. The van der Waals surface area contributed by atoms with Crippen LogP contribution in [-0.4, -0.2) is 47.2 Å². The highest BCUT2D eigenvalue weighted by atomic mass is 16.5. The van der Waals surface area contributed by atoms with E-state index >= 15 is 0 Å². The van der Waals surface area contributed by atoms with Gasteiger partial charge in [-0.05, 0) is 85.3 Å². The van der Waals surface area contributed by atoms with Crippen molar-refractivity contribution >= 4 is 23.6 Å². The van der Waals surface area contributed by atoms with Crippen LogP contribution in [0.3, 0.4) is 0 Å². The van der Waals surface area contributed by atoms with Gasteiger partial charge < -0.3 is 9.84 Å². The summed E-state index contributed by atoms with van der Waals surface area (Å²) in [6.07, 6.45) is 3.55. The third kappa shape index (κ3) is 3.39. The van der Waals surface area contributed by atoms with Crippen molar-refractivity contribution in [2.75, 3.05) is 13.7 Å². The van der Waals surface area contributed by atoms with Crippen LogP contribution < -0.4 is 0 Å². The van der Waals surface area contributed by atoms with Crippen molar-refractivity contribution in [2.45, 2.75) is 51.4 Å². The minimum absolute atomic E-state index is 0.0260. The maximum absolute atomic E-state index is 14.4. The van der Waals surface area contributed by atoms with Crippen LogP contribution in [-0.2, 0) is 20.7 Å². The first-order valence-corrected chi connectivity index (χ1v) is 13.1. The average Bonchev–Trinajstić information content (AvgIpc) is 3.26. The molecule has 2 amide bonds. The van der Waals surface area contributed by atoms with E-state index in [4.69, 9.17) is 4.74 Å². The summed E-state index contributed by atoms with van der Waals surface area (Å²) >= 11 is 0. The molecule has 3 aliphatic carbocycles. The fraction of sp³-hybridized carbons (Fsp3) is 0.467. The Balaban J connectivity index is 1.37. The van der Waals surface area contributed by atoms with Crippen LogP contribution in [0.1, 0.15) is 76.8 Å². The van der Waals surface area contributed by atoms with Crippen molar-refractivity contribution in [3.05, 3.63) is 64.7 Å². The number of nitrogens with zero attached hydrogens (tertiary/aromatic N) is 1. The van der Waals surface area contributed by atoms with E-state index in [0.717, 1.165) is 19.3 Å². The number of phenols is 1. The van der Waals surface area contributed by atoms with Crippen LogP contribution in [0.4, 0.5) is 0 Å². The summed E-state index contributed by atoms with van der Waals surface area (Å²) in [4.78, 5) is 54.7. The molecule has 5 atom stereocenters. The number of imide groups is 1. The number of hydrogen-bond acceptors (Lipinski definition) is 6. The normalized spacial score (nSPS) is 32.0. The van der Waals surface area contributed by atoms with Gasteiger partial charge in [-0.25, -0.2) is 0 Å². The third-order valence-corrected chi connectivity index (χ3v) is 9.76. The molecule has 0 radical (unpaired) electrons. The van der Waals surface area contributed by atoms with Crippen LogP contribution >= 0.6 is 0 Å². The molecule has 7 nitrogen and oxygen atoms in total. The first kappa shape index (κ1) is 23.9. The van der Waals surface area contributed by atoms with E-state index < -0.39 is 28.6 Å². The Morgan fingerprint density at radius 3 is 2.46 bits per heavy atom. The lowest BCUT2D eigenvalue weighted by Crippen LogP contribution is -2.47. The Hall–Kier alpha value is -3.48. The molecule has 0 spiro atoms. The number of carbonyl (C=O) groups is 4. The SMILES string of the molecule is COC(=O)CC1(CN2C(=O)c3ccccc3C2=O)CC2C3CCc4cc(O)ccc4C3CC[C@]2(C)C1=O. The second-order valence-corrected chi connectivity index (χ2v) is 11.6. The number of carbonyl (C=O) groups excluding carboxylic acids is 4. The van der Waals surface area contributed by atoms with Gasteiger partial charge in [0.2, 0.25) is 0 Å². The molecule has 37 heavy (non-hydrogen) atoms. The van der Waals surface area contributed by atoms with Gasteiger partial charge in [0.1, 0.15) is 11.5 Å². The zero-order valence-electron chi connectivity index (χ0n) is 21.2. The van der Waals surface area contributed by atoms with E-state index in [1.807, 2.05) is 19.1 Å². The van der Waals surface area contributed by atoms with E-state index in [1.165, 1.54) is 23.1 Å². The summed E-state index contributed by atoms with van der Waals surface area (Å²) in [5.74, 6) is -0.531. The molecule has 2 aromatic rings. The molecule has 4 unspecified atom stereocenters. The molecule has 0 aromatic heterocycles. The highest BCUT2D eigenvalue weighted by molar-refractivity contribution is 6.21. The van der Waals surface area contributed by atoms with Crippen molar-refractivity contribution in [2.24, 2.45) is 22.7 Å². The van der Waals surface area contributed by atoms with Crippen LogP contribution in [0.15, 0.2) is 42.5 Å². The van der Waals surface area contributed by atoms with E-state index in [-0.39, 0.29) is 42.3 Å². The van der Waals surface area contributed by atoms with Crippen molar-refractivity contribution in [3.8, 4) is 5.75 Å². The monoisotopic (exact) mass is 501 g/mol. The van der Waals surface area contributed by atoms with Gasteiger partial charge in [-0.3, -0.25) is 24.1 Å². The number of rotatable bonds is 4. The second kappa shape index (κ2) is 8.27. The number of hydrogen-bond donors (Lipinski definition) is 1. The Bertz CT molecular complexity index is 1310. The van der Waals surface area contributed by atoms with E-state index in [0.29, 0.717) is 24.0 Å². The Morgan fingerprint density at radius 1 is 1.08 bits per heavy atom. The first-order chi connectivity index (χ1) is 17.7. The third-order valence-electron chi connectivity index (χ3n) is 9.76. The number of Topliss-reactive ketones (excluding diaryl/α,β-unsaturated/α-hetero) is 1. The van der Waals surface area contributed by atoms with Gasteiger partial charge >= 0.3 is 5.97 Å². The number of aryl methyl sites for hydroxylation is 1. The molecule has 4 aliphatic rings. The number of fused-ring (bicyclic) bond motifs is 6. The van der Waals surface area contributed by atoms with Gasteiger partial charge in [-0.2, -0.15) is 0 Å². The van der Waals surface area contributed by atoms with Gasteiger partial charge in [-0.15, -0.1) is 0 Å². The van der Waals surface area contributed by atoms with Gasteiger partial charge in [0.05, 0.1) is 30.1 Å². The summed E-state index contributed by atoms with van der Waals surface area (Å²) in [5.41, 5.74) is 1.27. The maximum Gasteiger partial charge on any atom is 0.306 e. The maximum atomic E-state index is 14.4. The molecule has 0 bridgehead atoms. The summed E-state index contributed by atoms with van der Waals surface area (Å²) in [6.45, 7) is 1.91. The van der Waals surface area contributed by atoms with Crippen molar-refractivity contribution in [1.29, 1.82) is 0 Å². The van der Waals surface area contributed by atoms with Crippen molar-refractivity contribution < 1.29 is 29.0 Å². The molecule has 0 saturated heterocycles. The number of ketones is 1. The summed E-state index contributed by atoms with van der Waals surface area (Å²) in [7, 11) is 1.30. The Labute approximate surface area is 215 Å². The summed E-state index contributed by atoms with van der Waals surface area (Å²) in [6, 6.07) is 12.3. The number of phenolic OH excluding ortho intramolecular Hbond substituents is 1. The molecule has 1 N–H and O–H groups in total. The number of aromatic hydroxyl groups is 1. The molecule has 7 heteroatoms. The number of amides is 2. The number of benzene rings is 2. The molecule has 2 fully saturated rings. The molecular weight excluding hydrogens is 470 g/mol. The fourth-order valence-electron chi connectivity index (χ4n) is 8.05. The minimum Gasteiger partial charge on any atom is -0.508 e. The number of methoxy groups -OCH3 is 1. The van der Waals surface area contributed by atoms with E-state index in [9.17, 15) is 24.3 Å². The first-order valence-electron chi connectivity index (χ1n) is 13.1. The van der Waals surface area contributed by atoms with Crippen LogP contribution in [0.2, 0.25) is 0 Å². The van der Waals surface area contributed by atoms with Gasteiger partial charge in [0, 0.05) is 12.0 Å². The van der Waals surface area contributed by atoms with Crippen molar-refractivity contribution in [3.63, 3.8) is 0 Å². The van der Waals surface area contributed by atoms with Crippen LogP contribution in [0.5, 0.6) is 5.75 Å². The quantitative estimate of drug-likeness (QED) is 0.496. The zero-order valence-corrected chi connectivity index (χ0v) is 21.2. The average molecular weight is 502 g/mol. The Morgan fingerprint density at radius 2 is 1.78 bits per heavy atom. The lowest BCUT2D eigenvalue weighted by molar-refractivity contribution is -0.148. The molecule has 1 heterocycles.